The highest BCUT2D eigenvalue weighted by atomic mass is 16.7. The summed E-state index contributed by atoms with van der Waals surface area (Å²) in [5.41, 5.74) is 1.05. The van der Waals surface area contributed by atoms with Crippen LogP contribution >= 0.6 is 0 Å². The molecule has 0 aliphatic carbocycles. The van der Waals surface area contributed by atoms with Gasteiger partial charge in [0.05, 0.1) is 6.61 Å². The number of likely N-dealkylation sites (N-methyl/N-ethyl adjacent to an activating group) is 1. The Bertz CT molecular complexity index is 554. The number of nitrogens with one attached hydrogen (secondary N) is 1. The van der Waals surface area contributed by atoms with Gasteiger partial charge in [-0.25, -0.2) is 0 Å². The van der Waals surface area contributed by atoms with E-state index in [1.54, 1.807) is 20.0 Å². The maximum atomic E-state index is 11.7. The second kappa shape index (κ2) is 6.83. The predicted molar refractivity (Wildman–Crippen MR) is 73.7 cm³/mol. The largest absolute Gasteiger partial charge is 0.360 e. The number of aromatic nitrogens is 1. The van der Waals surface area contributed by atoms with Gasteiger partial charge in [-0.1, -0.05) is 35.5 Å². The van der Waals surface area contributed by atoms with Crippen LogP contribution < -0.4 is 5.32 Å². The number of aryl methyl sites for hydroxylation is 1. The molecule has 1 heterocycles. The minimum atomic E-state index is -0.214. The first-order chi connectivity index (χ1) is 9.63. The summed E-state index contributed by atoms with van der Waals surface area (Å²) in [6.07, 6.45) is 0. The van der Waals surface area contributed by atoms with Crippen molar-refractivity contribution in [3.8, 4) is 0 Å². The molecule has 0 aliphatic heterocycles. The summed E-state index contributed by atoms with van der Waals surface area (Å²) in [6.45, 7) is 2.30. The minimum absolute atomic E-state index is 0.110. The van der Waals surface area contributed by atoms with Crippen molar-refractivity contribution in [1.29, 1.82) is 0 Å². The summed E-state index contributed by atoms with van der Waals surface area (Å²) in [5, 5.41) is 7.80. The highest BCUT2D eigenvalue weighted by Gasteiger charge is 2.09. The zero-order valence-electron chi connectivity index (χ0n) is 11.5. The van der Waals surface area contributed by atoms with E-state index in [1.807, 2.05) is 30.3 Å². The number of hydroxylamine groups is 2. The van der Waals surface area contributed by atoms with Crippen LogP contribution in [0, 0.1) is 6.92 Å². The quantitative estimate of drug-likeness (QED) is 0.816. The second-order valence-electron chi connectivity index (χ2n) is 4.42. The van der Waals surface area contributed by atoms with Crippen LogP contribution in [0.4, 0.5) is 5.82 Å². The highest BCUT2D eigenvalue weighted by Crippen LogP contribution is 2.07. The molecule has 6 heteroatoms. The van der Waals surface area contributed by atoms with Gasteiger partial charge in [0.25, 0.3) is 0 Å². The van der Waals surface area contributed by atoms with Gasteiger partial charge in [-0.2, -0.15) is 5.06 Å². The summed E-state index contributed by atoms with van der Waals surface area (Å²) < 4.78 is 4.87. The Balaban J connectivity index is 1.73. The van der Waals surface area contributed by atoms with Crippen molar-refractivity contribution in [2.24, 2.45) is 0 Å². The molecule has 1 aromatic carbocycles. The summed E-state index contributed by atoms with van der Waals surface area (Å²) in [5.74, 6) is 0.840. The lowest BCUT2D eigenvalue weighted by Crippen LogP contribution is -2.30. The molecule has 106 valence electrons. The Hall–Kier alpha value is -2.18. The topological polar surface area (TPSA) is 67.6 Å². The SMILES string of the molecule is Cc1cc(NC(=O)CN(C)OCc2ccccc2)no1. The fourth-order valence-electron chi connectivity index (χ4n) is 1.61. The molecule has 1 aromatic heterocycles. The van der Waals surface area contributed by atoms with E-state index >= 15 is 0 Å². The van der Waals surface area contributed by atoms with Gasteiger partial charge in [0.15, 0.2) is 5.82 Å². The maximum absolute atomic E-state index is 11.7. The summed E-state index contributed by atoms with van der Waals surface area (Å²) >= 11 is 0. The van der Waals surface area contributed by atoms with Gasteiger partial charge >= 0.3 is 0 Å². The van der Waals surface area contributed by atoms with Crippen LogP contribution in [-0.4, -0.2) is 29.7 Å². The lowest BCUT2D eigenvalue weighted by Gasteiger charge is -2.15. The second-order valence-corrected chi connectivity index (χ2v) is 4.42. The van der Waals surface area contributed by atoms with E-state index in [2.05, 4.69) is 10.5 Å². The molecule has 1 N–H and O–H groups in total. The number of benzene rings is 1. The summed E-state index contributed by atoms with van der Waals surface area (Å²) in [7, 11) is 1.70. The number of rotatable bonds is 6. The first-order valence-electron chi connectivity index (χ1n) is 6.24. The van der Waals surface area contributed by atoms with Crippen molar-refractivity contribution < 1.29 is 14.2 Å². The van der Waals surface area contributed by atoms with Crippen LogP contribution in [0.5, 0.6) is 0 Å². The lowest BCUT2D eigenvalue weighted by atomic mass is 10.2. The van der Waals surface area contributed by atoms with E-state index in [0.29, 0.717) is 18.2 Å². The van der Waals surface area contributed by atoms with Crippen molar-refractivity contribution in [2.75, 3.05) is 18.9 Å². The average molecular weight is 275 g/mol. The van der Waals surface area contributed by atoms with Gasteiger partial charge in [0.1, 0.15) is 12.3 Å². The Morgan fingerprint density at radius 2 is 2.15 bits per heavy atom. The van der Waals surface area contributed by atoms with E-state index in [-0.39, 0.29) is 12.5 Å². The molecular weight excluding hydrogens is 258 g/mol. The van der Waals surface area contributed by atoms with Crippen molar-refractivity contribution in [3.63, 3.8) is 0 Å². The monoisotopic (exact) mass is 275 g/mol. The molecule has 0 spiro atoms. The molecule has 0 fully saturated rings. The van der Waals surface area contributed by atoms with Crippen LogP contribution in [0.3, 0.4) is 0 Å². The number of amides is 1. The third-order valence-electron chi connectivity index (χ3n) is 2.56. The number of anilines is 1. The molecule has 0 bridgehead atoms. The first-order valence-corrected chi connectivity index (χ1v) is 6.24. The Morgan fingerprint density at radius 1 is 1.40 bits per heavy atom. The van der Waals surface area contributed by atoms with Crippen LogP contribution in [0.2, 0.25) is 0 Å². The molecule has 20 heavy (non-hydrogen) atoms. The number of carbonyl (C=O) groups excluding carboxylic acids is 1. The Kier molecular flexibility index (Phi) is 4.86. The van der Waals surface area contributed by atoms with E-state index in [0.717, 1.165) is 5.56 Å². The van der Waals surface area contributed by atoms with Gasteiger partial charge in [0, 0.05) is 13.1 Å². The summed E-state index contributed by atoms with van der Waals surface area (Å²) in [6, 6.07) is 11.4. The van der Waals surface area contributed by atoms with Crippen LogP contribution in [0.15, 0.2) is 40.9 Å². The smallest absolute Gasteiger partial charge is 0.242 e. The van der Waals surface area contributed by atoms with Crippen molar-refractivity contribution in [1.82, 2.24) is 10.2 Å². The first kappa shape index (κ1) is 14.2. The molecule has 1 amide bonds. The summed E-state index contributed by atoms with van der Waals surface area (Å²) in [4.78, 5) is 17.2. The van der Waals surface area contributed by atoms with Gasteiger partial charge < -0.3 is 9.84 Å². The zero-order valence-corrected chi connectivity index (χ0v) is 11.5. The number of nitrogens with zero attached hydrogens (tertiary/aromatic N) is 2. The molecule has 0 unspecified atom stereocenters. The maximum Gasteiger partial charge on any atom is 0.242 e. The van der Waals surface area contributed by atoms with Crippen LogP contribution in [0.1, 0.15) is 11.3 Å². The molecule has 0 saturated heterocycles. The number of carbonyl (C=O) groups is 1. The fourth-order valence-corrected chi connectivity index (χ4v) is 1.61. The molecule has 0 saturated carbocycles. The highest BCUT2D eigenvalue weighted by molar-refractivity contribution is 5.91. The van der Waals surface area contributed by atoms with E-state index in [9.17, 15) is 4.79 Å². The minimum Gasteiger partial charge on any atom is -0.360 e. The number of hydrogen-bond acceptors (Lipinski definition) is 5. The van der Waals surface area contributed by atoms with E-state index in [4.69, 9.17) is 9.36 Å². The molecule has 6 nitrogen and oxygen atoms in total. The Labute approximate surface area is 117 Å². The van der Waals surface area contributed by atoms with Crippen molar-refractivity contribution in [3.05, 3.63) is 47.7 Å². The molecule has 2 aromatic rings. The van der Waals surface area contributed by atoms with Gasteiger partial charge in [-0.15, -0.1) is 0 Å². The van der Waals surface area contributed by atoms with E-state index in [1.165, 1.54) is 5.06 Å². The molecule has 0 atom stereocenters. The molecule has 0 aliphatic rings. The average Bonchev–Trinajstić information content (AvgIpc) is 2.83. The van der Waals surface area contributed by atoms with Crippen LogP contribution in [0.25, 0.3) is 0 Å². The number of hydrogen-bond donors (Lipinski definition) is 1. The predicted octanol–water partition coefficient (Wildman–Crippen LogP) is 1.99. The van der Waals surface area contributed by atoms with Gasteiger partial charge in [-0.3, -0.25) is 9.63 Å². The fraction of sp³-hybridized carbons (Fsp3) is 0.286. The third-order valence-corrected chi connectivity index (χ3v) is 2.56. The molecule has 2 rings (SSSR count). The van der Waals surface area contributed by atoms with Gasteiger partial charge in [-0.05, 0) is 12.5 Å². The zero-order chi connectivity index (χ0) is 14.4. The standard InChI is InChI=1S/C14H17N3O3/c1-11-8-13(16-20-11)15-14(18)9-17(2)19-10-12-6-4-3-5-7-12/h3-8H,9-10H2,1-2H3,(H,15,16,18). The van der Waals surface area contributed by atoms with Gasteiger partial charge in [0.2, 0.25) is 5.91 Å². The normalized spacial score (nSPS) is 10.8. The molecule has 0 radical (unpaired) electrons. The van der Waals surface area contributed by atoms with Crippen LogP contribution in [-0.2, 0) is 16.2 Å². The van der Waals surface area contributed by atoms with Crippen molar-refractivity contribution in [2.45, 2.75) is 13.5 Å². The van der Waals surface area contributed by atoms with E-state index < -0.39 is 0 Å². The third kappa shape index (κ3) is 4.49. The van der Waals surface area contributed by atoms with Crippen molar-refractivity contribution >= 4 is 11.7 Å². The lowest BCUT2D eigenvalue weighted by molar-refractivity contribution is -0.158. The Morgan fingerprint density at radius 3 is 2.80 bits per heavy atom. The molecular formula is C14H17N3O3.